The second-order valence-corrected chi connectivity index (χ2v) is 5.17. The average Bonchev–Trinajstić information content (AvgIpc) is 2.55. The van der Waals surface area contributed by atoms with Gasteiger partial charge in [0.25, 0.3) is 5.56 Å². The Hall–Kier alpha value is -3.15. The Bertz CT molecular complexity index is 987. The van der Waals surface area contributed by atoms with E-state index >= 15 is 0 Å². The summed E-state index contributed by atoms with van der Waals surface area (Å²) in [7, 11) is 0. The molecule has 0 bridgehead atoms. The number of hydrogen-bond donors (Lipinski definition) is 1. The largest absolute Gasteiger partial charge is 0.545 e. The third-order valence-corrected chi connectivity index (χ3v) is 3.68. The highest BCUT2D eigenvalue weighted by Gasteiger charge is 2.08. The molecule has 23 heavy (non-hydrogen) atoms. The Labute approximate surface area is 130 Å². The number of aromatic nitrogens is 2. The minimum absolute atomic E-state index is 0.0883. The van der Waals surface area contributed by atoms with Crippen LogP contribution in [0.5, 0.6) is 0 Å². The number of carboxylic acids is 1. The first-order valence-corrected chi connectivity index (χ1v) is 7.08. The number of carboxylic acid groups (broad SMARTS) is 1. The number of rotatable bonds is 4. The number of benzene rings is 2. The number of carbonyl (C=O) groups is 1. The molecule has 0 saturated heterocycles. The van der Waals surface area contributed by atoms with Gasteiger partial charge in [-0.1, -0.05) is 36.4 Å². The fraction of sp³-hybridized carbons (Fsp3) is 0.118. The number of hydrogen-bond acceptors (Lipinski definition) is 4. The number of aromatic amines is 1. The normalized spacial score (nSPS) is 10.8. The third kappa shape index (κ3) is 2.91. The zero-order valence-corrected chi connectivity index (χ0v) is 12.1. The maximum Gasteiger partial charge on any atom is 0.328 e. The minimum Gasteiger partial charge on any atom is -0.545 e. The summed E-state index contributed by atoms with van der Waals surface area (Å²) in [6.45, 7) is 0.246. The summed E-state index contributed by atoms with van der Waals surface area (Å²) in [6.07, 6.45) is 0.548. The van der Waals surface area contributed by atoms with Crippen molar-refractivity contribution in [3.63, 3.8) is 0 Å². The average molecular weight is 309 g/mol. The molecule has 116 valence electrons. The molecule has 1 heterocycles. The van der Waals surface area contributed by atoms with Crippen molar-refractivity contribution in [2.45, 2.75) is 13.0 Å². The molecule has 1 N–H and O–H groups in total. The zero-order valence-electron chi connectivity index (χ0n) is 12.1. The van der Waals surface area contributed by atoms with E-state index in [1.54, 1.807) is 0 Å². The maximum atomic E-state index is 12.4. The summed E-state index contributed by atoms with van der Waals surface area (Å²) < 4.78 is 1.12. The Kier molecular flexibility index (Phi) is 3.80. The van der Waals surface area contributed by atoms with Crippen molar-refractivity contribution < 1.29 is 9.90 Å². The number of H-pyrrole nitrogens is 1. The van der Waals surface area contributed by atoms with Crippen molar-refractivity contribution in [3.8, 4) is 0 Å². The molecule has 0 spiro atoms. The Morgan fingerprint density at radius 3 is 2.52 bits per heavy atom. The molecular weight excluding hydrogens is 296 g/mol. The van der Waals surface area contributed by atoms with Crippen LogP contribution in [0, 0.1) is 0 Å². The van der Waals surface area contributed by atoms with Crippen molar-refractivity contribution >= 4 is 16.9 Å². The molecule has 2 aromatic carbocycles. The molecule has 0 atom stereocenters. The van der Waals surface area contributed by atoms with Gasteiger partial charge in [0.15, 0.2) is 0 Å². The lowest BCUT2D eigenvalue weighted by Crippen LogP contribution is -2.35. The smallest absolute Gasteiger partial charge is 0.328 e. The van der Waals surface area contributed by atoms with Gasteiger partial charge < -0.3 is 14.9 Å². The number of carbonyl (C=O) groups excluding carboxylic acids is 1. The van der Waals surface area contributed by atoms with Crippen molar-refractivity contribution in [3.05, 3.63) is 80.5 Å². The molecule has 6 nitrogen and oxygen atoms in total. The number of nitrogens with one attached hydrogen (secondary N) is 1. The van der Waals surface area contributed by atoms with E-state index in [4.69, 9.17) is 0 Å². The predicted molar refractivity (Wildman–Crippen MR) is 83.3 cm³/mol. The van der Waals surface area contributed by atoms with Crippen LogP contribution < -0.4 is 16.4 Å². The first-order valence-electron chi connectivity index (χ1n) is 7.08. The molecule has 0 radical (unpaired) electrons. The van der Waals surface area contributed by atoms with Gasteiger partial charge in [0, 0.05) is 6.54 Å². The summed E-state index contributed by atoms with van der Waals surface area (Å²) in [5, 5.41) is 11.1. The highest BCUT2D eigenvalue weighted by molar-refractivity contribution is 5.91. The molecule has 6 heteroatoms. The molecule has 3 aromatic rings. The maximum absolute atomic E-state index is 12.4. The van der Waals surface area contributed by atoms with E-state index in [1.807, 2.05) is 30.3 Å². The van der Waals surface area contributed by atoms with E-state index in [0.29, 0.717) is 6.42 Å². The highest BCUT2D eigenvalue weighted by Crippen LogP contribution is 2.08. The molecule has 0 amide bonds. The Morgan fingerprint density at radius 2 is 1.83 bits per heavy atom. The number of fused-ring (bicyclic) bond motifs is 1. The minimum atomic E-state index is -1.36. The molecule has 3 rings (SSSR count). The van der Waals surface area contributed by atoms with Crippen LogP contribution in [0.2, 0.25) is 0 Å². The van der Waals surface area contributed by atoms with Crippen molar-refractivity contribution in [1.29, 1.82) is 0 Å². The van der Waals surface area contributed by atoms with Gasteiger partial charge in [-0.3, -0.25) is 9.36 Å². The molecule has 1 aromatic heterocycles. The van der Waals surface area contributed by atoms with Gasteiger partial charge >= 0.3 is 5.69 Å². The summed E-state index contributed by atoms with van der Waals surface area (Å²) in [4.78, 5) is 37.9. The van der Waals surface area contributed by atoms with E-state index in [1.165, 1.54) is 18.2 Å². The van der Waals surface area contributed by atoms with E-state index in [0.717, 1.165) is 10.1 Å². The van der Waals surface area contributed by atoms with Gasteiger partial charge in [-0.05, 0) is 29.7 Å². The number of nitrogens with zero attached hydrogens (tertiary/aromatic N) is 1. The number of aryl methyl sites for hydroxylation is 1. The monoisotopic (exact) mass is 309 g/mol. The van der Waals surface area contributed by atoms with Crippen LogP contribution in [-0.2, 0) is 13.0 Å². The van der Waals surface area contributed by atoms with E-state index < -0.39 is 17.2 Å². The van der Waals surface area contributed by atoms with Crippen molar-refractivity contribution in [2.24, 2.45) is 0 Å². The van der Waals surface area contributed by atoms with Crippen molar-refractivity contribution in [2.75, 3.05) is 0 Å². The lowest BCUT2D eigenvalue weighted by Gasteiger charge is -2.08. The summed E-state index contributed by atoms with van der Waals surface area (Å²) in [5.74, 6) is -1.36. The molecule has 0 aliphatic rings. The lowest BCUT2D eigenvalue weighted by atomic mass is 10.1. The van der Waals surface area contributed by atoms with Gasteiger partial charge in [-0.15, -0.1) is 0 Å². The van der Waals surface area contributed by atoms with Gasteiger partial charge in [0.05, 0.1) is 16.9 Å². The summed E-state index contributed by atoms with van der Waals surface area (Å²) in [5.41, 5.74) is 0.122. The SMILES string of the molecule is O=C([O-])c1ccc2c(=O)n(CCc3ccccc3)c(=O)[nH]c2c1. The standard InChI is InChI=1S/C17H14N2O4/c20-15-13-7-6-12(16(21)22)10-14(13)18-17(23)19(15)9-8-11-4-2-1-3-5-11/h1-7,10H,8-9H2,(H,18,23)(H,21,22)/p-1. The highest BCUT2D eigenvalue weighted by atomic mass is 16.4. The second-order valence-electron chi connectivity index (χ2n) is 5.17. The van der Waals surface area contributed by atoms with E-state index in [-0.39, 0.29) is 23.0 Å². The van der Waals surface area contributed by atoms with E-state index in [2.05, 4.69) is 4.98 Å². The predicted octanol–water partition coefficient (Wildman–Crippen LogP) is 0.296. The fourth-order valence-corrected chi connectivity index (χ4v) is 2.47. The quantitative estimate of drug-likeness (QED) is 0.749. The van der Waals surface area contributed by atoms with E-state index in [9.17, 15) is 19.5 Å². The second kappa shape index (κ2) is 5.92. The molecule has 0 aliphatic heterocycles. The van der Waals surface area contributed by atoms with Gasteiger partial charge in [-0.25, -0.2) is 4.79 Å². The van der Waals surface area contributed by atoms with Crippen LogP contribution in [0.1, 0.15) is 15.9 Å². The van der Waals surface area contributed by atoms with Crippen LogP contribution in [0.3, 0.4) is 0 Å². The van der Waals surface area contributed by atoms with Crippen LogP contribution in [0.4, 0.5) is 0 Å². The Morgan fingerprint density at radius 1 is 1.09 bits per heavy atom. The van der Waals surface area contributed by atoms with Gasteiger partial charge in [0.1, 0.15) is 0 Å². The van der Waals surface area contributed by atoms with Crippen LogP contribution in [0.25, 0.3) is 10.9 Å². The van der Waals surface area contributed by atoms with Crippen molar-refractivity contribution in [1.82, 2.24) is 9.55 Å². The summed E-state index contributed by atoms with van der Waals surface area (Å²) in [6, 6.07) is 13.4. The molecule has 0 aliphatic carbocycles. The van der Waals surface area contributed by atoms with Crippen LogP contribution in [-0.4, -0.2) is 15.5 Å². The number of aromatic carboxylic acids is 1. The Balaban J connectivity index is 2.01. The first-order chi connectivity index (χ1) is 11.1. The van der Waals surface area contributed by atoms with Gasteiger partial charge in [0.2, 0.25) is 0 Å². The lowest BCUT2D eigenvalue weighted by molar-refractivity contribution is -0.255. The molecular formula is C17H13N2O4-. The zero-order chi connectivity index (χ0) is 16.4. The molecule has 0 saturated carbocycles. The van der Waals surface area contributed by atoms with Crippen LogP contribution in [0.15, 0.2) is 58.1 Å². The third-order valence-electron chi connectivity index (χ3n) is 3.68. The fourth-order valence-electron chi connectivity index (χ4n) is 2.47. The first kappa shape index (κ1) is 14.8. The van der Waals surface area contributed by atoms with Crippen LogP contribution >= 0.6 is 0 Å². The molecule has 0 unspecified atom stereocenters. The topological polar surface area (TPSA) is 95.0 Å². The van der Waals surface area contributed by atoms with Gasteiger partial charge in [-0.2, -0.15) is 0 Å². The summed E-state index contributed by atoms with van der Waals surface area (Å²) >= 11 is 0. The molecule has 0 fully saturated rings.